The van der Waals surface area contributed by atoms with Crippen LogP contribution in [0.4, 0.5) is 4.79 Å². The Balaban J connectivity index is 1.83. The van der Waals surface area contributed by atoms with Gasteiger partial charge in [0.15, 0.2) is 0 Å². The Labute approximate surface area is 137 Å². The minimum absolute atomic E-state index is 0.0121. The van der Waals surface area contributed by atoms with E-state index < -0.39 is 0 Å². The molecule has 4 nitrogen and oxygen atoms in total. The van der Waals surface area contributed by atoms with E-state index in [4.69, 9.17) is 0 Å². The number of likely N-dealkylation sites (N-methyl/N-ethyl adjacent to an activating group) is 1. The van der Waals surface area contributed by atoms with Crippen LogP contribution in [-0.2, 0) is 6.42 Å². The number of carbonyl (C=O) groups is 1. The fraction of sp³-hybridized carbons (Fsp3) is 0.588. The molecule has 1 aliphatic rings. The fourth-order valence-electron chi connectivity index (χ4n) is 2.87. The third kappa shape index (κ3) is 4.57. The SMILES string of the molecule is CS[C@H]1CC[C@@H](NC(=O)N(C)[C@@H](C)Cc2ccc(O)cc2)C1. The van der Waals surface area contributed by atoms with Crippen LogP contribution in [0.15, 0.2) is 24.3 Å². The molecule has 2 N–H and O–H groups in total. The Bertz CT molecular complexity index is 492. The van der Waals surface area contributed by atoms with Gasteiger partial charge >= 0.3 is 6.03 Å². The molecule has 0 heterocycles. The molecule has 1 aliphatic carbocycles. The molecule has 1 saturated carbocycles. The van der Waals surface area contributed by atoms with E-state index in [0.717, 1.165) is 24.8 Å². The number of phenolic OH excluding ortho intramolecular Hbond substituents is 1. The highest BCUT2D eigenvalue weighted by molar-refractivity contribution is 7.99. The summed E-state index contributed by atoms with van der Waals surface area (Å²) in [4.78, 5) is 14.1. The summed E-state index contributed by atoms with van der Waals surface area (Å²) >= 11 is 1.90. The maximum atomic E-state index is 12.3. The number of hydrogen-bond donors (Lipinski definition) is 2. The molecule has 1 aromatic rings. The number of benzene rings is 1. The number of amides is 2. The number of phenols is 1. The number of hydrogen-bond acceptors (Lipinski definition) is 3. The molecule has 22 heavy (non-hydrogen) atoms. The number of thioether (sulfide) groups is 1. The van der Waals surface area contributed by atoms with E-state index in [1.54, 1.807) is 17.0 Å². The van der Waals surface area contributed by atoms with Crippen molar-refractivity contribution in [1.82, 2.24) is 10.2 Å². The van der Waals surface area contributed by atoms with Gasteiger partial charge in [0.25, 0.3) is 0 Å². The van der Waals surface area contributed by atoms with E-state index in [2.05, 4.69) is 11.6 Å². The van der Waals surface area contributed by atoms with Crippen molar-refractivity contribution in [1.29, 1.82) is 0 Å². The summed E-state index contributed by atoms with van der Waals surface area (Å²) in [6.07, 6.45) is 6.27. The molecular weight excluding hydrogens is 296 g/mol. The highest BCUT2D eigenvalue weighted by Gasteiger charge is 2.27. The predicted octanol–water partition coefficient (Wildman–Crippen LogP) is 3.25. The molecule has 5 heteroatoms. The third-order valence-electron chi connectivity index (χ3n) is 4.49. The first-order chi connectivity index (χ1) is 10.5. The van der Waals surface area contributed by atoms with Gasteiger partial charge < -0.3 is 15.3 Å². The lowest BCUT2D eigenvalue weighted by Crippen LogP contribution is -2.46. The van der Waals surface area contributed by atoms with Crippen LogP contribution in [0.3, 0.4) is 0 Å². The summed E-state index contributed by atoms with van der Waals surface area (Å²) in [6, 6.07) is 7.61. The Morgan fingerprint density at radius 3 is 2.68 bits per heavy atom. The van der Waals surface area contributed by atoms with Gasteiger partial charge in [-0.05, 0) is 56.6 Å². The van der Waals surface area contributed by atoms with Crippen LogP contribution < -0.4 is 5.32 Å². The minimum atomic E-state index is 0.0121. The largest absolute Gasteiger partial charge is 0.508 e. The average molecular weight is 322 g/mol. The van der Waals surface area contributed by atoms with Gasteiger partial charge in [-0.2, -0.15) is 11.8 Å². The minimum Gasteiger partial charge on any atom is -0.508 e. The lowest BCUT2D eigenvalue weighted by atomic mass is 10.1. The van der Waals surface area contributed by atoms with Gasteiger partial charge in [-0.25, -0.2) is 4.79 Å². The molecule has 0 spiro atoms. The van der Waals surface area contributed by atoms with E-state index in [9.17, 15) is 9.90 Å². The molecule has 0 bridgehead atoms. The van der Waals surface area contributed by atoms with Crippen molar-refractivity contribution in [3.05, 3.63) is 29.8 Å². The summed E-state index contributed by atoms with van der Waals surface area (Å²) in [6.45, 7) is 2.05. The Hall–Kier alpha value is -1.36. The monoisotopic (exact) mass is 322 g/mol. The van der Waals surface area contributed by atoms with Crippen molar-refractivity contribution < 1.29 is 9.90 Å². The first-order valence-electron chi connectivity index (χ1n) is 7.83. The first-order valence-corrected chi connectivity index (χ1v) is 9.12. The molecule has 3 atom stereocenters. The number of aromatic hydroxyl groups is 1. The maximum absolute atomic E-state index is 12.3. The lowest BCUT2D eigenvalue weighted by Gasteiger charge is -2.27. The molecule has 1 aromatic carbocycles. The van der Waals surface area contributed by atoms with Gasteiger partial charge in [-0.3, -0.25) is 0 Å². The van der Waals surface area contributed by atoms with Gasteiger partial charge in [0, 0.05) is 24.4 Å². The molecule has 2 rings (SSSR count). The molecule has 0 radical (unpaired) electrons. The van der Waals surface area contributed by atoms with E-state index in [0.29, 0.717) is 11.3 Å². The van der Waals surface area contributed by atoms with Gasteiger partial charge in [-0.15, -0.1) is 0 Å². The topological polar surface area (TPSA) is 52.6 Å². The summed E-state index contributed by atoms with van der Waals surface area (Å²) < 4.78 is 0. The van der Waals surface area contributed by atoms with Crippen LogP contribution in [0, 0.1) is 0 Å². The zero-order chi connectivity index (χ0) is 16.1. The zero-order valence-electron chi connectivity index (χ0n) is 13.6. The lowest BCUT2D eigenvalue weighted by molar-refractivity contribution is 0.190. The summed E-state index contributed by atoms with van der Waals surface area (Å²) in [7, 11) is 1.85. The van der Waals surface area contributed by atoms with Gasteiger partial charge in [0.1, 0.15) is 5.75 Å². The molecule has 0 aliphatic heterocycles. The normalized spacial score (nSPS) is 22.3. The summed E-state index contributed by atoms with van der Waals surface area (Å²) in [5, 5.41) is 13.2. The summed E-state index contributed by atoms with van der Waals surface area (Å²) in [5.74, 6) is 0.270. The Morgan fingerprint density at radius 2 is 2.09 bits per heavy atom. The molecule has 122 valence electrons. The van der Waals surface area contributed by atoms with E-state index in [1.807, 2.05) is 37.9 Å². The van der Waals surface area contributed by atoms with E-state index >= 15 is 0 Å². The van der Waals surface area contributed by atoms with Crippen LogP contribution in [0.2, 0.25) is 0 Å². The smallest absolute Gasteiger partial charge is 0.317 e. The Kier molecular flexibility index (Phi) is 6.00. The second kappa shape index (κ2) is 7.77. The quantitative estimate of drug-likeness (QED) is 0.875. The highest BCUT2D eigenvalue weighted by atomic mass is 32.2. The number of rotatable bonds is 5. The number of nitrogens with zero attached hydrogens (tertiary/aromatic N) is 1. The van der Waals surface area contributed by atoms with Crippen LogP contribution in [0.1, 0.15) is 31.7 Å². The van der Waals surface area contributed by atoms with Gasteiger partial charge in [-0.1, -0.05) is 12.1 Å². The van der Waals surface area contributed by atoms with Crippen molar-refractivity contribution in [3.63, 3.8) is 0 Å². The average Bonchev–Trinajstić information content (AvgIpc) is 2.96. The van der Waals surface area contributed by atoms with E-state index in [-0.39, 0.29) is 17.8 Å². The van der Waals surface area contributed by atoms with Crippen molar-refractivity contribution in [2.45, 2.75) is 49.9 Å². The summed E-state index contributed by atoms with van der Waals surface area (Å²) in [5.41, 5.74) is 1.12. The number of nitrogens with one attached hydrogen (secondary N) is 1. The van der Waals surface area contributed by atoms with E-state index in [1.165, 1.54) is 6.42 Å². The molecule has 0 saturated heterocycles. The third-order valence-corrected chi connectivity index (χ3v) is 5.59. The highest BCUT2D eigenvalue weighted by Crippen LogP contribution is 2.28. The number of urea groups is 1. The van der Waals surface area contributed by atoms with Crippen LogP contribution in [0.5, 0.6) is 5.75 Å². The zero-order valence-corrected chi connectivity index (χ0v) is 14.4. The fourth-order valence-corrected chi connectivity index (χ4v) is 3.67. The first kappa shape index (κ1) is 17.0. The maximum Gasteiger partial charge on any atom is 0.317 e. The molecule has 1 fully saturated rings. The molecule has 0 unspecified atom stereocenters. The van der Waals surface area contributed by atoms with Crippen molar-refractivity contribution in [2.24, 2.45) is 0 Å². The van der Waals surface area contributed by atoms with Crippen LogP contribution >= 0.6 is 11.8 Å². The molecule has 2 amide bonds. The van der Waals surface area contributed by atoms with Crippen LogP contribution in [-0.4, -0.2) is 46.7 Å². The van der Waals surface area contributed by atoms with Crippen molar-refractivity contribution in [3.8, 4) is 5.75 Å². The number of carbonyl (C=O) groups excluding carboxylic acids is 1. The Morgan fingerprint density at radius 1 is 1.41 bits per heavy atom. The van der Waals surface area contributed by atoms with Crippen LogP contribution in [0.25, 0.3) is 0 Å². The van der Waals surface area contributed by atoms with Gasteiger partial charge in [0.2, 0.25) is 0 Å². The predicted molar refractivity (Wildman–Crippen MR) is 92.5 cm³/mol. The second-order valence-corrected chi connectivity index (χ2v) is 7.29. The van der Waals surface area contributed by atoms with Crippen molar-refractivity contribution >= 4 is 17.8 Å². The standard InChI is InChI=1S/C17H26N2O2S/c1-12(10-13-4-7-15(20)8-5-13)19(2)17(21)18-14-6-9-16(11-14)22-3/h4-5,7-8,12,14,16,20H,6,9-11H2,1-3H3,(H,18,21)/t12-,14+,16-/m0/s1. The molecular formula is C17H26N2O2S. The molecule has 0 aromatic heterocycles. The van der Waals surface area contributed by atoms with Gasteiger partial charge in [0.05, 0.1) is 0 Å². The second-order valence-electron chi connectivity index (χ2n) is 6.15. The van der Waals surface area contributed by atoms with Crippen molar-refractivity contribution in [2.75, 3.05) is 13.3 Å².